The molecule has 0 aromatic carbocycles. The van der Waals surface area contributed by atoms with Crippen LogP contribution >= 0.6 is 0 Å². The smallest absolute Gasteiger partial charge is 0.309 e. The molecule has 0 amide bonds. The third-order valence-corrected chi connectivity index (χ3v) is 6.35. The first kappa shape index (κ1) is 23.4. The summed E-state index contributed by atoms with van der Waals surface area (Å²) >= 11 is 0. The third kappa shape index (κ3) is 5.02. The van der Waals surface area contributed by atoms with Gasteiger partial charge in [0.1, 0.15) is 11.4 Å². The van der Waals surface area contributed by atoms with E-state index in [1.807, 2.05) is 43.3 Å². The van der Waals surface area contributed by atoms with Gasteiger partial charge in [0.05, 0.1) is 42.9 Å². The summed E-state index contributed by atoms with van der Waals surface area (Å²) in [5.41, 5.74) is 3.75. The maximum Gasteiger partial charge on any atom is 0.309 e. The van der Waals surface area contributed by atoms with Crippen molar-refractivity contribution in [3.63, 3.8) is 0 Å². The molecule has 0 spiro atoms. The quantitative estimate of drug-likeness (QED) is 0.346. The Hall–Kier alpha value is -4.34. The largest absolute Gasteiger partial charge is 0.492 e. The molecular formula is C26H26N6O4. The lowest BCUT2D eigenvalue weighted by atomic mass is 9.74. The number of nitrogens with zero attached hydrogens (tertiary/aromatic N) is 5. The van der Waals surface area contributed by atoms with Gasteiger partial charge in [-0.05, 0) is 50.1 Å². The fourth-order valence-electron chi connectivity index (χ4n) is 4.10. The van der Waals surface area contributed by atoms with Crippen LogP contribution in [-0.4, -0.2) is 44.8 Å². The van der Waals surface area contributed by atoms with E-state index in [9.17, 15) is 4.79 Å². The highest BCUT2D eigenvalue weighted by atomic mass is 16.5. The summed E-state index contributed by atoms with van der Waals surface area (Å²) in [5, 5.41) is 7.37. The molecule has 36 heavy (non-hydrogen) atoms. The van der Waals surface area contributed by atoms with Crippen LogP contribution < -0.4 is 10.1 Å². The average Bonchev–Trinajstić information content (AvgIpc) is 3.28. The molecule has 10 nitrogen and oxygen atoms in total. The van der Waals surface area contributed by atoms with Crippen molar-refractivity contribution in [3.8, 4) is 28.6 Å². The lowest BCUT2D eigenvalue weighted by molar-refractivity contribution is -0.152. The number of carbonyl (C=O) groups excluding carboxylic acids is 1. The van der Waals surface area contributed by atoms with Gasteiger partial charge >= 0.3 is 5.97 Å². The molecule has 1 fully saturated rings. The van der Waals surface area contributed by atoms with Gasteiger partial charge in [0.2, 0.25) is 5.95 Å². The maximum atomic E-state index is 11.8. The zero-order valence-corrected chi connectivity index (χ0v) is 20.0. The van der Waals surface area contributed by atoms with Crippen LogP contribution in [0.5, 0.6) is 5.75 Å². The number of ether oxygens (including phenoxy) is 2. The summed E-state index contributed by atoms with van der Waals surface area (Å²) in [4.78, 5) is 29.5. The van der Waals surface area contributed by atoms with Gasteiger partial charge in [-0.25, -0.2) is 15.0 Å². The van der Waals surface area contributed by atoms with Crippen molar-refractivity contribution in [2.24, 2.45) is 11.8 Å². The Morgan fingerprint density at radius 3 is 2.69 bits per heavy atom. The zero-order valence-electron chi connectivity index (χ0n) is 20.0. The minimum atomic E-state index is -0.168. The molecular weight excluding hydrogens is 460 g/mol. The Labute approximate surface area is 208 Å². The number of nitrogens with one attached hydrogen (secondary N) is 1. The monoisotopic (exact) mass is 486 g/mol. The first-order valence-corrected chi connectivity index (χ1v) is 11.7. The van der Waals surface area contributed by atoms with E-state index in [1.165, 1.54) is 7.11 Å². The van der Waals surface area contributed by atoms with Gasteiger partial charge < -0.3 is 19.3 Å². The van der Waals surface area contributed by atoms with Crippen molar-refractivity contribution >= 4 is 11.9 Å². The molecule has 0 radical (unpaired) electrons. The number of hydrogen-bond donors (Lipinski definition) is 1. The number of hydrogen-bond acceptors (Lipinski definition) is 10. The van der Waals surface area contributed by atoms with E-state index in [2.05, 4.69) is 30.4 Å². The van der Waals surface area contributed by atoms with Gasteiger partial charge in [0.15, 0.2) is 5.76 Å². The minimum Gasteiger partial charge on any atom is -0.492 e. The number of esters is 1. The predicted octanol–water partition coefficient (Wildman–Crippen LogP) is 4.09. The molecule has 0 saturated heterocycles. The summed E-state index contributed by atoms with van der Waals surface area (Å²) < 4.78 is 16.3. The highest BCUT2D eigenvalue weighted by molar-refractivity contribution is 5.73. The second-order valence-electron chi connectivity index (χ2n) is 8.57. The molecule has 1 aliphatic rings. The molecule has 5 rings (SSSR count). The van der Waals surface area contributed by atoms with Crippen LogP contribution in [0.3, 0.4) is 0 Å². The van der Waals surface area contributed by atoms with Gasteiger partial charge in [-0.1, -0.05) is 11.2 Å². The zero-order chi connectivity index (χ0) is 24.9. The number of carbonyl (C=O) groups is 1. The maximum absolute atomic E-state index is 11.8. The first-order valence-electron chi connectivity index (χ1n) is 11.7. The molecule has 4 heterocycles. The van der Waals surface area contributed by atoms with Crippen molar-refractivity contribution < 1.29 is 18.8 Å². The fourth-order valence-corrected chi connectivity index (χ4v) is 4.10. The van der Waals surface area contributed by atoms with Crippen LogP contribution in [-0.2, 0) is 16.1 Å². The van der Waals surface area contributed by atoms with Gasteiger partial charge in [0.25, 0.3) is 0 Å². The summed E-state index contributed by atoms with van der Waals surface area (Å²) in [7, 11) is 1.42. The predicted molar refractivity (Wildman–Crippen MR) is 131 cm³/mol. The van der Waals surface area contributed by atoms with E-state index in [4.69, 9.17) is 14.0 Å². The molecule has 1 N–H and O–H groups in total. The number of pyridine rings is 2. The molecule has 4 aromatic heterocycles. The summed E-state index contributed by atoms with van der Waals surface area (Å²) in [6.45, 7) is 2.74. The summed E-state index contributed by atoms with van der Waals surface area (Å²) in [5.74, 6) is 1.59. The van der Waals surface area contributed by atoms with E-state index in [-0.39, 0.29) is 17.8 Å². The minimum absolute atomic E-state index is 0.0805. The topological polar surface area (TPSA) is 125 Å². The lowest BCUT2D eigenvalue weighted by Crippen LogP contribution is -2.37. The Kier molecular flexibility index (Phi) is 6.83. The fraction of sp³-hybridized carbons (Fsp3) is 0.308. The van der Waals surface area contributed by atoms with Crippen molar-refractivity contribution in [2.45, 2.75) is 26.3 Å². The van der Waals surface area contributed by atoms with Gasteiger partial charge in [-0.3, -0.25) is 9.78 Å². The van der Waals surface area contributed by atoms with Gasteiger partial charge in [0, 0.05) is 30.4 Å². The Bertz CT molecular complexity index is 1330. The Balaban J connectivity index is 1.23. The molecule has 184 valence electrons. The van der Waals surface area contributed by atoms with E-state index < -0.39 is 0 Å². The Morgan fingerprint density at radius 1 is 1.06 bits per heavy atom. The van der Waals surface area contributed by atoms with E-state index in [0.29, 0.717) is 36.3 Å². The Morgan fingerprint density at radius 2 is 1.97 bits per heavy atom. The number of rotatable bonds is 9. The molecule has 0 unspecified atom stereocenters. The normalized spacial score (nSPS) is 16.7. The molecule has 10 heteroatoms. The highest BCUT2D eigenvalue weighted by Gasteiger charge is 2.37. The number of anilines is 1. The number of methoxy groups -OCH3 is 1. The van der Waals surface area contributed by atoms with Gasteiger partial charge in [-0.15, -0.1) is 0 Å². The van der Waals surface area contributed by atoms with Crippen LogP contribution in [0.15, 0.2) is 59.5 Å². The molecule has 4 aromatic rings. The highest BCUT2D eigenvalue weighted by Crippen LogP contribution is 2.35. The van der Waals surface area contributed by atoms with Crippen LogP contribution in [0, 0.1) is 18.8 Å². The lowest BCUT2D eigenvalue weighted by Gasteiger charge is -2.33. The standard InChI is InChI=1S/C26H26N6O4/c1-16-20(14-30-26-28-12-10-22(31-26)21-5-3-4-11-27-21)24(36-32-16)23-9-7-18(13-29-23)35-15-17-6-8-19(17)25(33)34-2/h3-5,7,9-13,17,19H,6,8,14-15H2,1-2H3,(H,28,30,31)/t17-,19+/m0/s1. The second kappa shape index (κ2) is 10.5. The number of aryl methyl sites for hydroxylation is 1. The molecule has 1 aliphatic carbocycles. The van der Waals surface area contributed by atoms with E-state index >= 15 is 0 Å². The molecule has 2 atom stereocenters. The van der Waals surface area contributed by atoms with Crippen molar-refractivity contribution in [1.29, 1.82) is 0 Å². The molecule has 1 saturated carbocycles. The third-order valence-electron chi connectivity index (χ3n) is 6.35. The van der Waals surface area contributed by atoms with E-state index in [1.54, 1.807) is 18.6 Å². The SMILES string of the molecule is COC(=O)[C@@H]1CC[C@H]1COc1ccc(-c2onc(C)c2CNc2nccc(-c3ccccn3)n2)nc1. The summed E-state index contributed by atoms with van der Waals surface area (Å²) in [6.07, 6.45) is 6.87. The van der Waals surface area contributed by atoms with Crippen molar-refractivity contribution in [2.75, 3.05) is 19.0 Å². The average molecular weight is 487 g/mol. The first-order chi connectivity index (χ1) is 17.6. The van der Waals surface area contributed by atoms with Crippen LogP contribution in [0.4, 0.5) is 5.95 Å². The molecule has 0 bridgehead atoms. The van der Waals surface area contributed by atoms with Crippen LogP contribution in [0.2, 0.25) is 0 Å². The number of aromatic nitrogens is 5. The van der Waals surface area contributed by atoms with Crippen LogP contribution in [0.1, 0.15) is 24.1 Å². The second-order valence-corrected chi connectivity index (χ2v) is 8.57. The molecule has 0 aliphatic heterocycles. The van der Waals surface area contributed by atoms with Crippen LogP contribution in [0.25, 0.3) is 22.8 Å². The summed E-state index contributed by atoms with van der Waals surface area (Å²) in [6, 6.07) is 11.2. The van der Waals surface area contributed by atoms with Crippen molar-refractivity contribution in [3.05, 3.63) is 66.2 Å². The van der Waals surface area contributed by atoms with Crippen molar-refractivity contribution in [1.82, 2.24) is 25.1 Å². The van der Waals surface area contributed by atoms with Gasteiger partial charge in [-0.2, -0.15) is 0 Å². The van der Waals surface area contributed by atoms with E-state index in [0.717, 1.165) is 35.5 Å².